The summed E-state index contributed by atoms with van der Waals surface area (Å²) in [6.07, 6.45) is 2.70. The fourth-order valence-corrected chi connectivity index (χ4v) is 3.45. The first-order valence-electron chi connectivity index (χ1n) is 9.94. The Morgan fingerprint density at radius 3 is 2.69 bits per heavy atom. The molecule has 26 heavy (non-hydrogen) atoms. The number of nitrogens with zero attached hydrogens (tertiary/aromatic N) is 2. The van der Waals surface area contributed by atoms with Crippen LogP contribution in [0.5, 0.6) is 0 Å². The van der Waals surface area contributed by atoms with E-state index in [1.54, 1.807) is 7.11 Å². The third-order valence-electron chi connectivity index (χ3n) is 4.73. The van der Waals surface area contributed by atoms with Crippen molar-refractivity contribution < 1.29 is 4.74 Å². The number of hydrogen-bond donors (Lipinski definition) is 2. The van der Waals surface area contributed by atoms with Gasteiger partial charge in [-0.1, -0.05) is 31.2 Å². The molecule has 2 unspecified atom stereocenters. The van der Waals surface area contributed by atoms with E-state index in [4.69, 9.17) is 4.74 Å². The van der Waals surface area contributed by atoms with Gasteiger partial charge in [-0.2, -0.15) is 0 Å². The quantitative estimate of drug-likeness (QED) is 0.553. The van der Waals surface area contributed by atoms with E-state index in [2.05, 4.69) is 65.6 Å². The van der Waals surface area contributed by atoms with Gasteiger partial charge in [-0.05, 0) is 50.3 Å². The second kappa shape index (κ2) is 11.2. The van der Waals surface area contributed by atoms with Crippen LogP contribution in [0.2, 0.25) is 0 Å². The first-order valence-corrected chi connectivity index (χ1v) is 9.94. The Morgan fingerprint density at radius 1 is 1.31 bits per heavy atom. The van der Waals surface area contributed by atoms with Crippen LogP contribution in [0, 0.1) is 5.92 Å². The third kappa shape index (κ3) is 7.34. The van der Waals surface area contributed by atoms with E-state index in [1.165, 1.54) is 37.1 Å². The van der Waals surface area contributed by atoms with Gasteiger partial charge in [0.05, 0.1) is 13.2 Å². The van der Waals surface area contributed by atoms with E-state index in [1.807, 2.05) is 0 Å². The number of aliphatic imine (C=N–C) groups is 1. The molecule has 1 fully saturated rings. The van der Waals surface area contributed by atoms with E-state index >= 15 is 0 Å². The van der Waals surface area contributed by atoms with Gasteiger partial charge in [0.1, 0.15) is 0 Å². The molecule has 5 heteroatoms. The van der Waals surface area contributed by atoms with Gasteiger partial charge < -0.3 is 15.4 Å². The van der Waals surface area contributed by atoms with Crippen LogP contribution < -0.4 is 10.6 Å². The van der Waals surface area contributed by atoms with E-state index in [-0.39, 0.29) is 6.04 Å². The second-order valence-electron chi connectivity index (χ2n) is 7.49. The topological polar surface area (TPSA) is 48.9 Å². The summed E-state index contributed by atoms with van der Waals surface area (Å²) in [6.45, 7) is 12.2. The smallest absolute Gasteiger partial charge is 0.191 e. The summed E-state index contributed by atoms with van der Waals surface area (Å²) in [5.74, 6) is 1.67. The van der Waals surface area contributed by atoms with Crippen molar-refractivity contribution in [3.63, 3.8) is 0 Å². The van der Waals surface area contributed by atoms with Crippen molar-refractivity contribution in [2.75, 3.05) is 33.4 Å². The SMILES string of the molecule is CCNC(=NCc1ccc(CN2CCCC(C)C2)cc1)NC(C)COC. The molecule has 1 heterocycles. The molecular weight excluding hydrogens is 324 g/mol. The van der Waals surface area contributed by atoms with Crippen molar-refractivity contribution in [1.82, 2.24) is 15.5 Å². The van der Waals surface area contributed by atoms with E-state index in [0.29, 0.717) is 13.2 Å². The summed E-state index contributed by atoms with van der Waals surface area (Å²) < 4.78 is 5.18. The van der Waals surface area contributed by atoms with Gasteiger partial charge in [-0.15, -0.1) is 0 Å². The standard InChI is InChI=1S/C21H36N4O/c1-5-22-21(24-18(3)16-26-4)23-13-19-8-10-20(11-9-19)15-25-12-6-7-17(2)14-25/h8-11,17-18H,5-7,12-16H2,1-4H3,(H2,22,23,24). The van der Waals surface area contributed by atoms with Crippen LogP contribution >= 0.6 is 0 Å². The number of piperidine rings is 1. The first kappa shape index (κ1) is 20.7. The molecule has 2 rings (SSSR count). The van der Waals surface area contributed by atoms with Gasteiger partial charge in [0.15, 0.2) is 5.96 Å². The number of rotatable bonds is 8. The second-order valence-corrected chi connectivity index (χ2v) is 7.49. The summed E-state index contributed by atoms with van der Waals surface area (Å²) in [5.41, 5.74) is 2.63. The summed E-state index contributed by atoms with van der Waals surface area (Å²) in [6, 6.07) is 9.13. The van der Waals surface area contributed by atoms with Crippen molar-refractivity contribution in [2.24, 2.45) is 10.9 Å². The van der Waals surface area contributed by atoms with Crippen LogP contribution in [0.3, 0.4) is 0 Å². The molecule has 1 saturated heterocycles. The minimum atomic E-state index is 0.229. The normalized spacial score (nSPS) is 20.0. The molecule has 2 N–H and O–H groups in total. The lowest BCUT2D eigenvalue weighted by Gasteiger charge is -2.30. The largest absolute Gasteiger partial charge is 0.383 e. The van der Waals surface area contributed by atoms with Crippen molar-refractivity contribution in [3.05, 3.63) is 35.4 Å². The maximum atomic E-state index is 5.18. The van der Waals surface area contributed by atoms with E-state index in [0.717, 1.165) is 25.0 Å². The number of guanidine groups is 1. The lowest BCUT2D eigenvalue weighted by molar-refractivity contribution is 0.176. The van der Waals surface area contributed by atoms with E-state index < -0.39 is 0 Å². The maximum Gasteiger partial charge on any atom is 0.191 e. The molecule has 0 saturated carbocycles. The monoisotopic (exact) mass is 360 g/mol. The minimum Gasteiger partial charge on any atom is -0.383 e. The van der Waals surface area contributed by atoms with Gasteiger partial charge in [0, 0.05) is 32.8 Å². The average Bonchev–Trinajstić information content (AvgIpc) is 2.61. The summed E-state index contributed by atoms with van der Waals surface area (Å²) >= 11 is 0. The first-order chi connectivity index (χ1) is 12.6. The number of benzene rings is 1. The molecular formula is C21H36N4O. The number of likely N-dealkylation sites (tertiary alicyclic amines) is 1. The van der Waals surface area contributed by atoms with Crippen LogP contribution in [0.25, 0.3) is 0 Å². The minimum absolute atomic E-state index is 0.229. The Balaban J connectivity index is 1.87. The van der Waals surface area contributed by atoms with Crippen LogP contribution in [0.1, 0.15) is 44.7 Å². The van der Waals surface area contributed by atoms with Crippen LogP contribution in [0.4, 0.5) is 0 Å². The lowest BCUT2D eigenvalue weighted by Crippen LogP contribution is -2.43. The Kier molecular flexibility index (Phi) is 8.92. The molecule has 1 aromatic rings. The maximum absolute atomic E-state index is 5.18. The van der Waals surface area contributed by atoms with Crippen molar-refractivity contribution in [3.8, 4) is 0 Å². The van der Waals surface area contributed by atoms with E-state index in [9.17, 15) is 0 Å². The van der Waals surface area contributed by atoms with Crippen molar-refractivity contribution in [2.45, 2.75) is 52.7 Å². The fourth-order valence-electron chi connectivity index (χ4n) is 3.45. The van der Waals surface area contributed by atoms with Crippen LogP contribution in [0.15, 0.2) is 29.3 Å². The molecule has 5 nitrogen and oxygen atoms in total. The number of nitrogens with one attached hydrogen (secondary N) is 2. The summed E-state index contributed by atoms with van der Waals surface area (Å²) in [7, 11) is 1.72. The molecule has 1 aliphatic rings. The molecule has 2 atom stereocenters. The Hall–Kier alpha value is -1.59. The van der Waals surface area contributed by atoms with Crippen LogP contribution in [-0.4, -0.2) is 50.3 Å². The number of ether oxygens (including phenoxy) is 1. The molecule has 0 amide bonds. The Morgan fingerprint density at radius 2 is 2.04 bits per heavy atom. The molecule has 0 aromatic heterocycles. The van der Waals surface area contributed by atoms with Gasteiger partial charge >= 0.3 is 0 Å². The highest BCUT2D eigenvalue weighted by Gasteiger charge is 2.16. The highest BCUT2D eigenvalue weighted by Crippen LogP contribution is 2.18. The van der Waals surface area contributed by atoms with Gasteiger partial charge in [0.2, 0.25) is 0 Å². The average molecular weight is 361 g/mol. The fraction of sp³-hybridized carbons (Fsp3) is 0.667. The molecule has 1 aliphatic heterocycles. The van der Waals surface area contributed by atoms with Gasteiger partial charge in [-0.3, -0.25) is 4.90 Å². The Labute approximate surface area is 159 Å². The molecule has 0 bridgehead atoms. The molecule has 0 spiro atoms. The highest BCUT2D eigenvalue weighted by atomic mass is 16.5. The lowest BCUT2D eigenvalue weighted by atomic mass is 9.99. The number of methoxy groups -OCH3 is 1. The molecule has 0 aliphatic carbocycles. The molecule has 146 valence electrons. The van der Waals surface area contributed by atoms with Crippen molar-refractivity contribution in [1.29, 1.82) is 0 Å². The highest BCUT2D eigenvalue weighted by molar-refractivity contribution is 5.80. The zero-order chi connectivity index (χ0) is 18.8. The van der Waals surface area contributed by atoms with Crippen LogP contribution in [-0.2, 0) is 17.8 Å². The predicted molar refractivity (Wildman–Crippen MR) is 109 cm³/mol. The predicted octanol–water partition coefficient (Wildman–Crippen LogP) is 3.01. The molecule has 1 aromatic carbocycles. The zero-order valence-electron chi connectivity index (χ0n) is 16.9. The summed E-state index contributed by atoms with van der Waals surface area (Å²) in [4.78, 5) is 7.26. The third-order valence-corrected chi connectivity index (χ3v) is 4.73. The number of hydrogen-bond acceptors (Lipinski definition) is 3. The summed E-state index contributed by atoms with van der Waals surface area (Å²) in [5, 5.41) is 6.65. The van der Waals surface area contributed by atoms with Gasteiger partial charge in [-0.25, -0.2) is 4.99 Å². The zero-order valence-corrected chi connectivity index (χ0v) is 16.9. The Bertz CT molecular complexity index is 543. The van der Waals surface area contributed by atoms with Gasteiger partial charge in [0.25, 0.3) is 0 Å². The van der Waals surface area contributed by atoms with Crippen molar-refractivity contribution >= 4 is 5.96 Å². The molecule has 0 radical (unpaired) electrons.